The predicted molar refractivity (Wildman–Crippen MR) is 58.3 cm³/mol. The van der Waals surface area contributed by atoms with E-state index >= 15 is 0 Å². The van der Waals surface area contributed by atoms with Gasteiger partial charge < -0.3 is 5.32 Å². The van der Waals surface area contributed by atoms with Crippen molar-refractivity contribution in [1.82, 2.24) is 9.97 Å². The van der Waals surface area contributed by atoms with E-state index in [1.165, 1.54) is 0 Å². The topological polar surface area (TPSA) is 37.8 Å². The van der Waals surface area contributed by atoms with Crippen molar-refractivity contribution in [3.05, 3.63) is 28.1 Å². The first kappa shape index (κ1) is 10.5. The van der Waals surface area contributed by atoms with Gasteiger partial charge in [-0.15, -0.1) is 0 Å². The van der Waals surface area contributed by atoms with Crippen LogP contribution in [0.4, 0.5) is 5.82 Å². The maximum atomic E-state index is 5.74. The zero-order valence-electron chi connectivity index (χ0n) is 7.14. The fourth-order valence-corrected chi connectivity index (χ4v) is 1.17. The Hall–Kier alpha value is -0.610. The highest BCUT2D eigenvalue weighted by molar-refractivity contribution is 9.11. The molecule has 5 heteroatoms. The molecule has 0 aliphatic heterocycles. The van der Waals surface area contributed by atoms with Gasteiger partial charge in [-0.3, -0.25) is 0 Å². The molecule has 0 spiro atoms. The Morgan fingerprint density at radius 1 is 1.69 bits per heavy atom. The molecule has 0 saturated carbocycles. The Balaban J connectivity index is 2.71. The van der Waals surface area contributed by atoms with Gasteiger partial charge in [-0.25, -0.2) is 9.97 Å². The lowest BCUT2D eigenvalue weighted by atomic mass is 10.5. The maximum Gasteiger partial charge on any atom is 0.134 e. The molecule has 0 fully saturated rings. The number of hydrogen-bond donors (Lipinski definition) is 1. The summed E-state index contributed by atoms with van der Waals surface area (Å²) in [5, 5.41) is 3.48. The second-order valence-electron chi connectivity index (χ2n) is 2.49. The SMILES string of the molecule is C=C(Br)CNc1cc(Cl)nc(C)n1. The summed E-state index contributed by atoms with van der Waals surface area (Å²) in [5.41, 5.74) is 0. The van der Waals surface area contributed by atoms with Crippen molar-refractivity contribution in [2.24, 2.45) is 0 Å². The van der Waals surface area contributed by atoms with Gasteiger partial charge in [0, 0.05) is 17.1 Å². The summed E-state index contributed by atoms with van der Waals surface area (Å²) in [6.07, 6.45) is 0. The number of rotatable bonds is 3. The first-order valence-corrected chi connectivity index (χ1v) is 4.83. The Morgan fingerprint density at radius 2 is 2.38 bits per heavy atom. The van der Waals surface area contributed by atoms with Crippen molar-refractivity contribution in [1.29, 1.82) is 0 Å². The van der Waals surface area contributed by atoms with E-state index in [1.54, 1.807) is 13.0 Å². The Morgan fingerprint density at radius 3 is 2.92 bits per heavy atom. The van der Waals surface area contributed by atoms with Gasteiger partial charge in [-0.1, -0.05) is 34.1 Å². The van der Waals surface area contributed by atoms with Crippen LogP contribution < -0.4 is 5.32 Å². The average molecular weight is 263 g/mol. The van der Waals surface area contributed by atoms with Crippen molar-refractivity contribution in [3.63, 3.8) is 0 Å². The summed E-state index contributed by atoms with van der Waals surface area (Å²) < 4.78 is 0.861. The van der Waals surface area contributed by atoms with Crippen molar-refractivity contribution >= 4 is 33.3 Å². The summed E-state index contributed by atoms with van der Waals surface area (Å²) in [5.74, 6) is 1.35. The number of nitrogens with one attached hydrogen (secondary N) is 1. The number of nitrogens with zero attached hydrogens (tertiary/aromatic N) is 2. The number of halogens is 2. The zero-order chi connectivity index (χ0) is 9.84. The molecular weight excluding hydrogens is 253 g/mol. The lowest BCUT2D eigenvalue weighted by Crippen LogP contribution is -2.04. The molecule has 0 aliphatic carbocycles. The van der Waals surface area contributed by atoms with Crippen molar-refractivity contribution in [3.8, 4) is 0 Å². The number of aryl methyl sites for hydroxylation is 1. The summed E-state index contributed by atoms with van der Waals surface area (Å²) in [7, 11) is 0. The van der Waals surface area contributed by atoms with Gasteiger partial charge in [-0.05, 0) is 6.92 Å². The fraction of sp³-hybridized carbons (Fsp3) is 0.250. The Bertz CT molecular complexity index is 307. The molecule has 1 N–H and O–H groups in total. The molecule has 0 amide bonds. The normalized spacial score (nSPS) is 9.77. The van der Waals surface area contributed by atoms with Crippen LogP contribution >= 0.6 is 27.5 Å². The molecule has 13 heavy (non-hydrogen) atoms. The Labute approximate surface area is 90.4 Å². The van der Waals surface area contributed by atoms with Crippen LogP contribution in [-0.4, -0.2) is 16.5 Å². The molecule has 0 unspecified atom stereocenters. The Kier molecular flexibility index (Phi) is 3.69. The molecule has 0 atom stereocenters. The number of aromatic nitrogens is 2. The lowest BCUT2D eigenvalue weighted by molar-refractivity contribution is 1.04. The fourth-order valence-electron chi connectivity index (χ4n) is 0.808. The van der Waals surface area contributed by atoms with Crippen LogP contribution in [0.2, 0.25) is 5.15 Å². The van der Waals surface area contributed by atoms with Crippen LogP contribution in [-0.2, 0) is 0 Å². The van der Waals surface area contributed by atoms with Gasteiger partial charge in [0.25, 0.3) is 0 Å². The highest BCUT2D eigenvalue weighted by atomic mass is 79.9. The minimum Gasteiger partial charge on any atom is -0.365 e. The highest BCUT2D eigenvalue weighted by Gasteiger charge is 1.98. The van der Waals surface area contributed by atoms with E-state index in [2.05, 4.69) is 37.8 Å². The number of hydrogen-bond acceptors (Lipinski definition) is 3. The van der Waals surface area contributed by atoms with E-state index in [9.17, 15) is 0 Å². The molecule has 70 valence electrons. The van der Waals surface area contributed by atoms with Gasteiger partial charge in [0.2, 0.25) is 0 Å². The van der Waals surface area contributed by atoms with Gasteiger partial charge in [0.15, 0.2) is 0 Å². The summed E-state index contributed by atoms with van der Waals surface area (Å²) in [6, 6.07) is 1.67. The third-order valence-electron chi connectivity index (χ3n) is 1.27. The van der Waals surface area contributed by atoms with Crippen LogP contribution in [0.1, 0.15) is 5.82 Å². The monoisotopic (exact) mass is 261 g/mol. The quantitative estimate of drug-likeness (QED) is 0.851. The molecule has 0 bridgehead atoms. The van der Waals surface area contributed by atoms with E-state index in [0.717, 1.165) is 4.48 Å². The first-order valence-electron chi connectivity index (χ1n) is 3.66. The molecule has 0 aromatic carbocycles. The molecule has 1 aromatic rings. The average Bonchev–Trinajstić information content (AvgIpc) is 1.99. The molecule has 1 aromatic heterocycles. The molecule has 0 saturated heterocycles. The van der Waals surface area contributed by atoms with Crippen LogP contribution in [0, 0.1) is 6.92 Å². The molecule has 1 heterocycles. The molecular formula is C8H9BrClN3. The van der Waals surface area contributed by atoms with Gasteiger partial charge in [0.1, 0.15) is 16.8 Å². The third-order valence-corrected chi connectivity index (χ3v) is 1.74. The van der Waals surface area contributed by atoms with E-state index in [-0.39, 0.29) is 0 Å². The van der Waals surface area contributed by atoms with Gasteiger partial charge in [-0.2, -0.15) is 0 Å². The molecule has 1 rings (SSSR count). The van der Waals surface area contributed by atoms with Crippen molar-refractivity contribution < 1.29 is 0 Å². The van der Waals surface area contributed by atoms with E-state index in [0.29, 0.717) is 23.3 Å². The summed E-state index contributed by atoms with van der Waals surface area (Å²) in [4.78, 5) is 8.08. The predicted octanol–water partition coefficient (Wildman–Crippen LogP) is 2.76. The largest absolute Gasteiger partial charge is 0.365 e. The summed E-state index contributed by atoms with van der Waals surface area (Å²) in [6.45, 7) is 6.10. The van der Waals surface area contributed by atoms with Crippen LogP contribution in [0.25, 0.3) is 0 Å². The van der Waals surface area contributed by atoms with Crippen LogP contribution in [0.3, 0.4) is 0 Å². The highest BCUT2D eigenvalue weighted by Crippen LogP contribution is 2.12. The maximum absolute atomic E-state index is 5.74. The molecule has 0 radical (unpaired) electrons. The van der Waals surface area contributed by atoms with Gasteiger partial charge >= 0.3 is 0 Å². The second kappa shape index (κ2) is 4.58. The van der Waals surface area contributed by atoms with Gasteiger partial charge in [0.05, 0.1) is 0 Å². The van der Waals surface area contributed by atoms with Crippen LogP contribution in [0.5, 0.6) is 0 Å². The smallest absolute Gasteiger partial charge is 0.134 e. The lowest BCUT2D eigenvalue weighted by Gasteiger charge is -2.04. The number of anilines is 1. The molecule has 0 aliphatic rings. The van der Waals surface area contributed by atoms with E-state index < -0.39 is 0 Å². The summed E-state index contributed by atoms with van der Waals surface area (Å²) >= 11 is 8.98. The van der Waals surface area contributed by atoms with E-state index in [4.69, 9.17) is 11.6 Å². The van der Waals surface area contributed by atoms with Crippen molar-refractivity contribution in [2.45, 2.75) is 6.92 Å². The van der Waals surface area contributed by atoms with Crippen LogP contribution in [0.15, 0.2) is 17.1 Å². The van der Waals surface area contributed by atoms with E-state index in [1.807, 2.05) is 0 Å². The molecule has 3 nitrogen and oxygen atoms in total. The van der Waals surface area contributed by atoms with Crippen molar-refractivity contribution in [2.75, 3.05) is 11.9 Å². The standard InChI is InChI=1S/C8H9BrClN3/c1-5(9)4-11-8-3-7(10)12-6(2)13-8/h3H,1,4H2,2H3,(H,11,12,13). The first-order chi connectivity index (χ1) is 6.08. The minimum atomic E-state index is 0.440. The second-order valence-corrected chi connectivity index (χ2v) is 4.00. The zero-order valence-corrected chi connectivity index (χ0v) is 9.48. The minimum absolute atomic E-state index is 0.440. The third kappa shape index (κ3) is 3.74.